The van der Waals surface area contributed by atoms with Crippen LogP contribution in [0.5, 0.6) is 5.75 Å². The highest BCUT2D eigenvalue weighted by atomic mass is 35.5. The standard InChI is InChI=1S/C20H15ClN4O4/c21-15-6-8-17(9-7-15)28-13-19(27)29-12-18(26)24-20-14(10-22)11-23-25(20)16-4-2-1-3-5-16/h1-9,11H,12-13H2,(H,24,26). The Morgan fingerprint density at radius 1 is 1.10 bits per heavy atom. The Hall–Kier alpha value is -3.83. The molecule has 1 aromatic heterocycles. The first-order valence-corrected chi connectivity index (χ1v) is 8.82. The molecule has 0 aliphatic rings. The van der Waals surface area contributed by atoms with Crippen LogP contribution in [0.4, 0.5) is 5.82 Å². The van der Waals surface area contributed by atoms with Crippen molar-refractivity contribution in [3.8, 4) is 17.5 Å². The Kier molecular flexibility index (Phi) is 6.45. The molecule has 1 amide bonds. The Balaban J connectivity index is 1.55. The fraction of sp³-hybridized carbons (Fsp3) is 0.100. The molecule has 0 aliphatic heterocycles. The molecule has 0 radical (unpaired) electrons. The largest absolute Gasteiger partial charge is 0.482 e. The predicted octanol–water partition coefficient (Wildman–Crippen LogP) is 2.96. The molecule has 9 heteroatoms. The Morgan fingerprint density at radius 3 is 2.52 bits per heavy atom. The van der Waals surface area contributed by atoms with Gasteiger partial charge in [0.25, 0.3) is 5.91 Å². The molecule has 0 saturated carbocycles. The molecule has 0 atom stereocenters. The fourth-order valence-electron chi connectivity index (χ4n) is 2.34. The Labute approximate surface area is 171 Å². The van der Waals surface area contributed by atoms with E-state index in [-0.39, 0.29) is 18.0 Å². The maximum atomic E-state index is 12.2. The number of hydrogen-bond acceptors (Lipinski definition) is 6. The van der Waals surface area contributed by atoms with E-state index < -0.39 is 18.5 Å². The maximum Gasteiger partial charge on any atom is 0.344 e. The normalized spacial score (nSPS) is 10.1. The summed E-state index contributed by atoms with van der Waals surface area (Å²) in [5.74, 6) is -0.690. The van der Waals surface area contributed by atoms with Gasteiger partial charge in [0.05, 0.1) is 11.9 Å². The zero-order valence-electron chi connectivity index (χ0n) is 15.0. The van der Waals surface area contributed by atoms with Crippen LogP contribution in [0.1, 0.15) is 5.56 Å². The number of anilines is 1. The topological polar surface area (TPSA) is 106 Å². The zero-order valence-corrected chi connectivity index (χ0v) is 15.8. The van der Waals surface area contributed by atoms with E-state index in [1.165, 1.54) is 10.9 Å². The van der Waals surface area contributed by atoms with Crippen molar-refractivity contribution < 1.29 is 19.1 Å². The number of ether oxygens (including phenoxy) is 2. The summed E-state index contributed by atoms with van der Waals surface area (Å²) in [6, 6.07) is 17.4. The molecule has 0 fully saturated rings. The first kappa shape index (κ1) is 19.9. The van der Waals surface area contributed by atoms with Gasteiger partial charge in [-0.25, -0.2) is 9.48 Å². The van der Waals surface area contributed by atoms with Crippen LogP contribution in [0.15, 0.2) is 60.8 Å². The quantitative estimate of drug-likeness (QED) is 0.600. The van der Waals surface area contributed by atoms with Gasteiger partial charge in [0, 0.05) is 5.02 Å². The third kappa shape index (κ3) is 5.34. The van der Waals surface area contributed by atoms with E-state index in [1.54, 1.807) is 48.5 Å². The van der Waals surface area contributed by atoms with Crippen molar-refractivity contribution in [2.75, 3.05) is 18.5 Å². The SMILES string of the molecule is N#Cc1cnn(-c2ccccc2)c1NC(=O)COC(=O)COc1ccc(Cl)cc1. The van der Waals surface area contributed by atoms with Crippen molar-refractivity contribution >= 4 is 29.3 Å². The number of hydrogen-bond donors (Lipinski definition) is 1. The monoisotopic (exact) mass is 410 g/mol. The molecule has 0 aliphatic carbocycles. The van der Waals surface area contributed by atoms with Crippen molar-refractivity contribution in [3.05, 3.63) is 71.4 Å². The maximum absolute atomic E-state index is 12.2. The van der Waals surface area contributed by atoms with Gasteiger partial charge in [-0.1, -0.05) is 29.8 Å². The molecular formula is C20H15ClN4O4. The highest BCUT2D eigenvalue weighted by Gasteiger charge is 2.16. The third-order valence-electron chi connectivity index (χ3n) is 3.68. The first-order valence-electron chi connectivity index (χ1n) is 8.44. The zero-order chi connectivity index (χ0) is 20.6. The molecule has 0 spiro atoms. The lowest BCUT2D eigenvalue weighted by Crippen LogP contribution is -2.25. The second-order valence-electron chi connectivity index (χ2n) is 5.72. The molecule has 3 aromatic rings. The highest BCUT2D eigenvalue weighted by Crippen LogP contribution is 2.19. The van der Waals surface area contributed by atoms with Crippen LogP contribution in [0.2, 0.25) is 5.02 Å². The van der Waals surface area contributed by atoms with E-state index in [0.29, 0.717) is 16.5 Å². The average molecular weight is 411 g/mol. The summed E-state index contributed by atoms with van der Waals surface area (Å²) < 4.78 is 11.6. The number of benzene rings is 2. The number of carbonyl (C=O) groups excluding carboxylic acids is 2. The number of para-hydroxylation sites is 1. The van der Waals surface area contributed by atoms with Gasteiger partial charge in [0.1, 0.15) is 17.4 Å². The lowest BCUT2D eigenvalue weighted by Gasteiger charge is -2.10. The molecule has 2 aromatic carbocycles. The van der Waals surface area contributed by atoms with E-state index in [2.05, 4.69) is 10.4 Å². The Bertz CT molecular complexity index is 1040. The van der Waals surface area contributed by atoms with Crippen molar-refractivity contribution in [2.45, 2.75) is 0 Å². The van der Waals surface area contributed by atoms with Crippen LogP contribution in [0.25, 0.3) is 5.69 Å². The van der Waals surface area contributed by atoms with Gasteiger partial charge >= 0.3 is 5.97 Å². The number of amides is 1. The Morgan fingerprint density at radius 2 is 1.83 bits per heavy atom. The third-order valence-corrected chi connectivity index (χ3v) is 3.93. The predicted molar refractivity (Wildman–Crippen MR) is 105 cm³/mol. The summed E-state index contributed by atoms with van der Waals surface area (Å²) in [6.07, 6.45) is 1.34. The van der Waals surface area contributed by atoms with Gasteiger partial charge in [-0.15, -0.1) is 0 Å². The minimum atomic E-state index is -0.716. The highest BCUT2D eigenvalue weighted by molar-refractivity contribution is 6.30. The van der Waals surface area contributed by atoms with Crippen LogP contribution >= 0.6 is 11.6 Å². The van der Waals surface area contributed by atoms with Gasteiger partial charge in [0.15, 0.2) is 19.0 Å². The molecule has 29 heavy (non-hydrogen) atoms. The number of rotatable bonds is 7. The van der Waals surface area contributed by atoms with Crippen molar-refractivity contribution in [2.24, 2.45) is 0 Å². The number of aromatic nitrogens is 2. The van der Waals surface area contributed by atoms with Gasteiger partial charge < -0.3 is 14.8 Å². The molecular weight excluding hydrogens is 396 g/mol. The van der Waals surface area contributed by atoms with Crippen LogP contribution in [-0.4, -0.2) is 34.9 Å². The number of nitriles is 1. The number of nitrogens with one attached hydrogen (secondary N) is 1. The summed E-state index contributed by atoms with van der Waals surface area (Å²) in [5, 5.41) is 16.5. The summed E-state index contributed by atoms with van der Waals surface area (Å²) in [7, 11) is 0. The van der Waals surface area contributed by atoms with Gasteiger partial charge in [0.2, 0.25) is 0 Å². The second-order valence-corrected chi connectivity index (χ2v) is 6.15. The molecule has 8 nitrogen and oxygen atoms in total. The van der Waals surface area contributed by atoms with Crippen LogP contribution in [-0.2, 0) is 14.3 Å². The lowest BCUT2D eigenvalue weighted by atomic mass is 10.3. The van der Waals surface area contributed by atoms with Gasteiger partial charge in [-0.3, -0.25) is 4.79 Å². The minimum absolute atomic E-state index is 0.180. The summed E-state index contributed by atoms with van der Waals surface area (Å²) in [6.45, 7) is -0.895. The van der Waals surface area contributed by atoms with Crippen LogP contribution < -0.4 is 10.1 Å². The molecule has 0 bridgehead atoms. The van der Waals surface area contributed by atoms with Crippen molar-refractivity contribution in [1.29, 1.82) is 5.26 Å². The first-order chi connectivity index (χ1) is 14.1. The van der Waals surface area contributed by atoms with Crippen LogP contribution in [0, 0.1) is 11.3 Å². The number of halogens is 1. The average Bonchev–Trinajstić information content (AvgIpc) is 3.15. The number of carbonyl (C=O) groups is 2. The van der Waals surface area contributed by atoms with E-state index in [0.717, 1.165) is 0 Å². The van der Waals surface area contributed by atoms with E-state index in [9.17, 15) is 14.9 Å². The molecule has 3 rings (SSSR count). The van der Waals surface area contributed by atoms with Gasteiger partial charge in [-0.05, 0) is 36.4 Å². The van der Waals surface area contributed by atoms with E-state index in [1.807, 2.05) is 12.1 Å². The second kappa shape index (κ2) is 9.39. The van der Waals surface area contributed by atoms with Gasteiger partial charge in [-0.2, -0.15) is 10.4 Å². The molecule has 1 N–H and O–H groups in total. The van der Waals surface area contributed by atoms with Crippen LogP contribution in [0.3, 0.4) is 0 Å². The molecule has 0 unspecified atom stereocenters. The smallest absolute Gasteiger partial charge is 0.344 e. The molecule has 0 saturated heterocycles. The van der Waals surface area contributed by atoms with Crippen molar-refractivity contribution in [1.82, 2.24) is 9.78 Å². The molecule has 146 valence electrons. The minimum Gasteiger partial charge on any atom is -0.482 e. The number of nitrogens with zero attached hydrogens (tertiary/aromatic N) is 3. The van der Waals surface area contributed by atoms with E-state index >= 15 is 0 Å². The van der Waals surface area contributed by atoms with Crippen molar-refractivity contribution in [3.63, 3.8) is 0 Å². The van der Waals surface area contributed by atoms with E-state index in [4.69, 9.17) is 21.1 Å². The summed E-state index contributed by atoms with van der Waals surface area (Å²) >= 11 is 5.77. The summed E-state index contributed by atoms with van der Waals surface area (Å²) in [4.78, 5) is 24.0. The number of esters is 1. The lowest BCUT2D eigenvalue weighted by molar-refractivity contribution is -0.149. The summed E-state index contributed by atoms with van der Waals surface area (Å²) in [5.41, 5.74) is 0.845. The molecule has 1 heterocycles. The fourth-order valence-corrected chi connectivity index (χ4v) is 2.47.